The van der Waals surface area contributed by atoms with E-state index >= 15 is 0 Å². The molecule has 0 radical (unpaired) electrons. The first-order chi connectivity index (χ1) is 36.6. The van der Waals surface area contributed by atoms with Crippen LogP contribution in [0.1, 0.15) is 388 Å². The van der Waals surface area contributed by atoms with Crippen LogP contribution in [0.15, 0.2) is 0 Å². The number of esters is 3. The van der Waals surface area contributed by atoms with Crippen molar-refractivity contribution in [1.82, 2.24) is 0 Å². The van der Waals surface area contributed by atoms with Gasteiger partial charge >= 0.3 is 17.9 Å². The second kappa shape index (κ2) is 60.1. The van der Waals surface area contributed by atoms with Crippen molar-refractivity contribution in [2.45, 2.75) is 394 Å². The Morgan fingerprint density at radius 1 is 0.267 bits per heavy atom. The van der Waals surface area contributed by atoms with Gasteiger partial charge in [0.05, 0.1) is 0 Å². The predicted octanol–water partition coefficient (Wildman–Crippen LogP) is 23.0. The van der Waals surface area contributed by atoms with Crippen LogP contribution in [0.4, 0.5) is 0 Å². The van der Waals surface area contributed by atoms with E-state index in [2.05, 4.69) is 41.5 Å². The summed E-state index contributed by atoms with van der Waals surface area (Å²) in [6, 6.07) is 0. The van der Waals surface area contributed by atoms with Crippen molar-refractivity contribution in [3.05, 3.63) is 0 Å². The number of carbonyl (C=O) groups excluding carboxylic acids is 3. The summed E-state index contributed by atoms with van der Waals surface area (Å²) >= 11 is 0. The van der Waals surface area contributed by atoms with Crippen LogP contribution in [-0.4, -0.2) is 37.2 Å². The molecule has 0 spiro atoms. The Morgan fingerprint density at radius 2 is 0.467 bits per heavy atom. The van der Waals surface area contributed by atoms with E-state index in [1.54, 1.807) is 0 Å². The fraction of sp³-hybridized carbons (Fsp3) is 0.957. The van der Waals surface area contributed by atoms with Crippen LogP contribution in [0, 0.1) is 17.8 Å². The smallest absolute Gasteiger partial charge is 0.306 e. The van der Waals surface area contributed by atoms with Crippen LogP contribution in [0.25, 0.3) is 0 Å². The SMILES string of the molecule is CCC(C)CCCCCCCCCCCCCCCCCCCCC(=O)OC[C@H](COC(=O)CCCCCCCCCCCCCC(C)C)OC(=O)CCCCCCCCCCCCCCCCCCCCC(C)C. The maximum absolute atomic E-state index is 12.9. The van der Waals surface area contributed by atoms with Crippen molar-refractivity contribution >= 4 is 17.9 Å². The lowest BCUT2D eigenvalue weighted by Crippen LogP contribution is -2.30. The molecule has 6 heteroatoms. The molecule has 0 aliphatic carbocycles. The van der Waals surface area contributed by atoms with Crippen molar-refractivity contribution < 1.29 is 28.6 Å². The molecule has 6 nitrogen and oxygen atoms in total. The Kier molecular flexibility index (Phi) is 58.8. The average molecular weight is 1060 g/mol. The van der Waals surface area contributed by atoms with Crippen molar-refractivity contribution in [3.8, 4) is 0 Å². The van der Waals surface area contributed by atoms with Crippen LogP contribution in [0.3, 0.4) is 0 Å². The topological polar surface area (TPSA) is 78.9 Å². The quantitative estimate of drug-likeness (QED) is 0.0343. The first kappa shape index (κ1) is 73.4. The third-order valence-electron chi connectivity index (χ3n) is 16.3. The van der Waals surface area contributed by atoms with Gasteiger partial charge < -0.3 is 14.2 Å². The van der Waals surface area contributed by atoms with Crippen LogP contribution < -0.4 is 0 Å². The molecule has 75 heavy (non-hydrogen) atoms. The molecule has 0 aromatic rings. The van der Waals surface area contributed by atoms with E-state index in [1.165, 1.54) is 270 Å². The van der Waals surface area contributed by atoms with Gasteiger partial charge in [-0.2, -0.15) is 0 Å². The zero-order chi connectivity index (χ0) is 54.8. The zero-order valence-corrected chi connectivity index (χ0v) is 51.9. The normalized spacial score (nSPS) is 12.5. The largest absolute Gasteiger partial charge is 0.462 e. The molecular formula is C69H134O6. The summed E-state index contributed by atoms with van der Waals surface area (Å²) in [4.78, 5) is 38.4. The molecule has 0 fully saturated rings. The summed E-state index contributed by atoms with van der Waals surface area (Å²) in [5.74, 6) is 1.76. The Balaban J connectivity index is 4.25. The van der Waals surface area contributed by atoms with E-state index < -0.39 is 6.10 Å². The summed E-state index contributed by atoms with van der Waals surface area (Å²) in [6.07, 6.45) is 66.8. The lowest BCUT2D eigenvalue weighted by atomic mass is 9.99. The summed E-state index contributed by atoms with van der Waals surface area (Å²) in [5.41, 5.74) is 0. The highest BCUT2D eigenvalue weighted by Gasteiger charge is 2.20. The van der Waals surface area contributed by atoms with Crippen LogP contribution >= 0.6 is 0 Å². The Morgan fingerprint density at radius 3 is 0.693 bits per heavy atom. The van der Waals surface area contributed by atoms with Gasteiger partial charge in [-0.1, -0.05) is 350 Å². The molecule has 0 rings (SSSR count). The molecule has 0 aromatic carbocycles. The predicted molar refractivity (Wildman–Crippen MR) is 326 cm³/mol. The Labute approximate surface area is 469 Å². The number of unbranched alkanes of at least 4 members (excludes halogenated alkanes) is 44. The molecule has 2 atom stereocenters. The highest BCUT2D eigenvalue weighted by atomic mass is 16.6. The van der Waals surface area contributed by atoms with E-state index in [1.807, 2.05) is 0 Å². The summed E-state index contributed by atoms with van der Waals surface area (Å²) in [6.45, 7) is 13.9. The minimum absolute atomic E-state index is 0.0622. The van der Waals surface area contributed by atoms with E-state index in [4.69, 9.17) is 14.2 Å². The van der Waals surface area contributed by atoms with Gasteiger partial charge in [0.25, 0.3) is 0 Å². The van der Waals surface area contributed by atoms with Gasteiger partial charge in [-0.25, -0.2) is 0 Å². The van der Waals surface area contributed by atoms with Gasteiger partial charge in [0.2, 0.25) is 0 Å². The lowest BCUT2D eigenvalue weighted by Gasteiger charge is -2.18. The Bertz CT molecular complexity index is 1170. The molecule has 0 aliphatic heterocycles. The number of carbonyl (C=O) groups is 3. The molecule has 446 valence electrons. The van der Waals surface area contributed by atoms with Gasteiger partial charge in [0.1, 0.15) is 13.2 Å². The minimum atomic E-state index is -0.765. The molecule has 0 N–H and O–H groups in total. The number of rotatable bonds is 62. The van der Waals surface area contributed by atoms with Crippen molar-refractivity contribution in [2.24, 2.45) is 17.8 Å². The highest BCUT2D eigenvalue weighted by molar-refractivity contribution is 5.71. The maximum Gasteiger partial charge on any atom is 0.306 e. The molecule has 0 aromatic heterocycles. The van der Waals surface area contributed by atoms with Crippen LogP contribution in [0.2, 0.25) is 0 Å². The molecule has 0 bridgehead atoms. The second-order valence-corrected chi connectivity index (χ2v) is 25.0. The van der Waals surface area contributed by atoms with E-state index in [0.29, 0.717) is 19.3 Å². The maximum atomic E-state index is 12.9. The minimum Gasteiger partial charge on any atom is -0.462 e. The first-order valence-corrected chi connectivity index (χ1v) is 34.1. The molecule has 0 aliphatic rings. The third-order valence-corrected chi connectivity index (χ3v) is 16.3. The molecule has 0 saturated heterocycles. The van der Waals surface area contributed by atoms with Crippen molar-refractivity contribution in [2.75, 3.05) is 13.2 Å². The molecule has 1 unspecified atom stereocenters. The molecular weight excluding hydrogens is 925 g/mol. The van der Waals surface area contributed by atoms with Crippen LogP contribution in [-0.2, 0) is 28.6 Å². The standard InChI is InChI=1S/C69H134O6/c1-7-65(6)57-51-45-39-33-27-21-17-13-9-11-14-18-22-28-34-40-46-52-58-67(70)73-61-66(62-74-68(71)59-53-47-41-35-30-24-26-32-38-44-50-56-64(4)5)75-69(72)60-54-48-42-36-29-23-19-15-10-8-12-16-20-25-31-37-43-49-55-63(2)3/h63-66H,7-62H2,1-6H3/t65?,66-/m1/s1. The van der Waals surface area contributed by atoms with Crippen LogP contribution in [0.5, 0.6) is 0 Å². The summed E-state index contributed by atoms with van der Waals surface area (Å²) < 4.78 is 17.0. The van der Waals surface area contributed by atoms with Crippen molar-refractivity contribution in [1.29, 1.82) is 0 Å². The summed E-state index contributed by atoms with van der Waals surface area (Å²) in [7, 11) is 0. The number of hydrogen-bond acceptors (Lipinski definition) is 6. The molecule has 0 amide bonds. The Hall–Kier alpha value is -1.59. The van der Waals surface area contributed by atoms with Gasteiger partial charge in [0.15, 0.2) is 6.10 Å². The highest BCUT2D eigenvalue weighted by Crippen LogP contribution is 2.20. The average Bonchev–Trinajstić information content (AvgIpc) is 3.39. The number of hydrogen-bond donors (Lipinski definition) is 0. The molecule has 0 saturated carbocycles. The second-order valence-electron chi connectivity index (χ2n) is 25.0. The third kappa shape index (κ3) is 61.5. The number of ether oxygens (including phenoxy) is 3. The monoisotopic (exact) mass is 1060 g/mol. The van der Waals surface area contributed by atoms with Crippen molar-refractivity contribution in [3.63, 3.8) is 0 Å². The van der Waals surface area contributed by atoms with Gasteiger partial charge in [-0.15, -0.1) is 0 Å². The van der Waals surface area contributed by atoms with E-state index in [-0.39, 0.29) is 31.1 Å². The lowest BCUT2D eigenvalue weighted by molar-refractivity contribution is -0.167. The summed E-state index contributed by atoms with van der Waals surface area (Å²) in [5, 5.41) is 0. The van der Waals surface area contributed by atoms with Gasteiger partial charge in [-0.05, 0) is 37.0 Å². The van der Waals surface area contributed by atoms with E-state index in [0.717, 1.165) is 75.5 Å². The van der Waals surface area contributed by atoms with Gasteiger partial charge in [0, 0.05) is 19.3 Å². The zero-order valence-electron chi connectivity index (χ0n) is 51.9. The van der Waals surface area contributed by atoms with E-state index in [9.17, 15) is 14.4 Å². The molecule has 0 heterocycles. The van der Waals surface area contributed by atoms with Gasteiger partial charge in [-0.3, -0.25) is 14.4 Å². The fourth-order valence-electron chi connectivity index (χ4n) is 10.7. The fourth-order valence-corrected chi connectivity index (χ4v) is 10.7. The first-order valence-electron chi connectivity index (χ1n) is 34.1.